The maximum atomic E-state index is 14.2. The van der Waals surface area contributed by atoms with Crippen molar-refractivity contribution < 1.29 is 38.0 Å². The van der Waals surface area contributed by atoms with Crippen LogP contribution < -0.4 is 0 Å². The van der Waals surface area contributed by atoms with E-state index in [2.05, 4.69) is 68.4 Å². The van der Waals surface area contributed by atoms with Crippen LogP contribution in [0, 0.1) is 0 Å². The molecule has 1 unspecified atom stereocenters. The van der Waals surface area contributed by atoms with E-state index in [-0.39, 0.29) is 13.2 Å². The van der Waals surface area contributed by atoms with Crippen LogP contribution >= 0.6 is 0 Å². The van der Waals surface area contributed by atoms with Gasteiger partial charge in [-0.2, -0.15) is 0 Å². The van der Waals surface area contributed by atoms with Crippen molar-refractivity contribution in [3.05, 3.63) is 83.4 Å². The highest BCUT2D eigenvalue weighted by molar-refractivity contribution is 5.99. The van der Waals surface area contributed by atoms with Crippen LogP contribution in [0.15, 0.2) is 66.7 Å². The fourth-order valence-corrected chi connectivity index (χ4v) is 7.38. The Morgan fingerprint density at radius 3 is 1.37 bits per heavy atom. The number of carbonyl (C=O) groups excluding carboxylic acids is 1. The van der Waals surface area contributed by atoms with E-state index in [1.807, 2.05) is 12.1 Å². The molecular formula is C51H76O8. The second kappa shape index (κ2) is 31.7. The van der Waals surface area contributed by atoms with Crippen molar-refractivity contribution in [3.8, 4) is 22.3 Å². The Labute approximate surface area is 357 Å². The van der Waals surface area contributed by atoms with Gasteiger partial charge in [-0.05, 0) is 65.1 Å². The second-order valence-corrected chi connectivity index (χ2v) is 15.8. The molecule has 3 aromatic carbocycles. The van der Waals surface area contributed by atoms with Gasteiger partial charge in [0.1, 0.15) is 6.61 Å². The first kappa shape index (κ1) is 48.6. The van der Waals surface area contributed by atoms with Crippen LogP contribution in [0.3, 0.4) is 0 Å². The Morgan fingerprint density at radius 1 is 0.475 bits per heavy atom. The lowest BCUT2D eigenvalue weighted by molar-refractivity contribution is -0.154. The van der Waals surface area contributed by atoms with Gasteiger partial charge in [0.25, 0.3) is 0 Å². The summed E-state index contributed by atoms with van der Waals surface area (Å²) in [6, 6.07) is 23.6. The van der Waals surface area contributed by atoms with Gasteiger partial charge in [-0.15, -0.1) is 0 Å². The van der Waals surface area contributed by atoms with Crippen molar-refractivity contribution in [2.24, 2.45) is 0 Å². The Morgan fingerprint density at radius 2 is 0.881 bits per heavy atom. The van der Waals surface area contributed by atoms with Gasteiger partial charge in [0.05, 0.1) is 71.6 Å². The van der Waals surface area contributed by atoms with Crippen LogP contribution in [0.25, 0.3) is 22.3 Å². The van der Waals surface area contributed by atoms with Gasteiger partial charge in [-0.25, -0.2) is 4.79 Å². The molecule has 1 heterocycles. The molecule has 4 rings (SSSR count). The number of hydrogen-bond acceptors (Lipinski definition) is 8. The minimum Gasteiger partial charge on any atom is -0.430 e. The summed E-state index contributed by atoms with van der Waals surface area (Å²) >= 11 is 0. The number of benzene rings is 3. The van der Waals surface area contributed by atoms with Crippen LogP contribution in [0.2, 0.25) is 0 Å². The second-order valence-electron chi connectivity index (χ2n) is 15.8. The predicted molar refractivity (Wildman–Crippen MR) is 239 cm³/mol. The molecular weight excluding hydrogens is 741 g/mol. The summed E-state index contributed by atoms with van der Waals surface area (Å²) in [5, 5.41) is 0. The van der Waals surface area contributed by atoms with Gasteiger partial charge in [-0.1, -0.05) is 164 Å². The molecule has 328 valence electrons. The topological polar surface area (TPSA) is 81.7 Å². The molecule has 0 amide bonds. The van der Waals surface area contributed by atoms with Crippen molar-refractivity contribution in [2.45, 2.75) is 136 Å². The van der Waals surface area contributed by atoms with Gasteiger partial charge in [0, 0.05) is 0 Å². The zero-order valence-corrected chi connectivity index (χ0v) is 36.7. The molecule has 8 heteroatoms. The molecule has 0 bridgehead atoms. The first-order valence-electron chi connectivity index (χ1n) is 23.2. The molecule has 0 saturated carbocycles. The molecule has 1 aliphatic rings. The summed E-state index contributed by atoms with van der Waals surface area (Å²) in [5.41, 5.74) is 6.98. The maximum Gasteiger partial charge on any atom is 0.341 e. The molecule has 0 N–H and O–H groups in total. The minimum absolute atomic E-state index is 0.0670. The molecule has 8 nitrogen and oxygen atoms in total. The largest absolute Gasteiger partial charge is 0.430 e. The molecule has 59 heavy (non-hydrogen) atoms. The Kier molecular flexibility index (Phi) is 26.1. The van der Waals surface area contributed by atoms with E-state index < -0.39 is 12.3 Å². The number of rotatable bonds is 22. The minimum atomic E-state index is -0.925. The smallest absolute Gasteiger partial charge is 0.341 e. The molecule has 1 saturated heterocycles. The van der Waals surface area contributed by atoms with E-state index in [9.17, 15) is 4.79 Å². The molecule has 0 spiro atoms. The average molecular weight is 817 g/mol. The molecule has 0 radical (unpaired) electrons. The highest BCUT2D eigenvalue weighted by Gasteiger charge is 2.22. The maximum absolute atomic E-state index is 14.2. The van der Waals surface area contributed by atoms with E-state index in [4.69, 9.17) is 33.2 Å². The highest BCUT2D eigenvalue weighted by Crippen LogP contribution is 2.31. The number of esters is 1. The molecule has 1 atom stereocenters. The van der Waals surface area contributed by atoms with Crippen LogP contribution in [-0.4, -0.2) is 84.9 Å². The number of unbranched alkanes of at least 4 members (excludes halogenated alkanes) is 14. The molecule has 3 aromatic rings. The van der Waals surface area contributed by atoms with Crippen molar-refractivity contribution in [1.82, 2.24) is 0 Å². The van der Waals surface area contributed by atoms with E-state index in [1.165, 1.54) is 114 Å². The predicted octanol–water partition coefficient (Wildman–Crippen LogP) is 12.0. The number of carbonyl (C=O) groups is 1. The van der Waals surface area contributed by atoms with Gasteiger partial charge in [0.15, 0.2) is 0 Å². The van der Waals surface area contributed by atoms with Crippen LogP contribution in [0.4, 0.5) is 0 Å². The SMILES string of the molecule is CCCCCCCCCCc1ccc(-c2ccc(-c3ccc(CCCCCCCCCC)cc3)c(C(=O)OC3COCCOCCOCCOCCOCCO3)c2)cc1. The quantitative estimate of drug-likeness (QED) is 0.0732. The Hall–Kier alpha value is -3.11. The van der Waals surface area contributed by atoms with Gasteiger partial charge in [0.2, 0.25) is 6.29 Å². The number of hydrogen-bond donors (Lipinski definition) is 0. The van der Waals surface area contributed by atoms with Crippen LogP contribution in [0.5, 0.6) is 0 Å². The lowest BCUT2D eigenvalue weighted by Crippen LogP contribution is -2.29. The lowest BCUT2D eigenvalue weighted by Gasteiger charge is -2.20. The third kappa shape index (κ3) is 20.8. The molecule has 0 aliphatic carbocycles. The Balaban J connectivity index is 1.44. The van der Waals surface area contributed by atoms with Crippen LogP contribution in [-0.2, 0) is 46.0 Å². The fourth-order valence-electron chi connectivity index (χ4n) is 7.38. The fraction of sp³-hybridized carbons (Fsp3) is 0.627. The summed E-state index contributed by atoms with van der Waals surface area (Å²) in [6.45, 7) is 8.74. The average Bonchev–Trinajstić information content (AvgIpc) is 3.26. The van der Waals surface area contributed by atoms with Crippen molar-refractivity contribution in [1.29, 1.82) is 0 Å². The standard InChI is InChI=1S/C51H76O8/c1-3-5-7-9-11-13-15-17-19-43-21-25-45(26-22-43)47-29-30-48(46-27-23-44(24-28-46)20-18-16-14-12-10-8-6-4-2)49(41-47)51(52)59-50-42-57-38-37-55-34-33-53-31-32-54-35-36-56-39-40-58-50/h21-30,41,50H,3-20,31-40,42H2,1-2H3. The zero-order valence-electron chi connectivity index (χ0n) is 36.7. The first-order chi connectivity index (χ1) is 29.2. The van der Waals surface area contributed by atoms with Crippen molar-refractivity contribution in [2.75, 3.05) is 72.7 Å². The van der Waals surface area contributed by atoms with Gasteiger partial charge in [-0.3, -0.25) is 0 Å². The summed E-state index contributed by atoms with van der Waals surface area (Å²) < 4.78 is 40.4. The third-order valence-electron chi connectivity index (χ3n) is 10.9. The summed E-state index contributed by atoms with van der Waals surface area (Å²) in [5.74, 6) is -0.463. The van der Waals surface area contributed by atoms with Crippen molar-refractivity contribution in [3.63, 3.8) is 0 Å². The number of ether oxygens (including phenoxy) is 7. The van der Waals surface area contributed by atoms with Gasteiger partial charge >= 0.3 is 5.97 Å². The van der Waals surface area contributed by atoms with Crippen molar-refractivity contribution >= 4 is 5.97 Å². The normalized spacial score (nSPS) is 16.6. The molecule has 1 fully saturated rings. The third-order valence-corrected chi connectivity index (χ3v) is 10.9. The zero-order chi connectivity index (χ0) is 41.4. The van der Waals surface area contributed by atoms with E-state index in [0.717, 1.165) is 35.1 Å². The number of aryl methyl sites for hydroxylation is 2. The first-order valence-corrected chi connectivity index (χ1v) is 23.2. The molecule has 0 aromatic heterocycles. The lowest BCUT2D eigenvalue weighted by atomic mass is 9.93. The van der Waals surface area contributed by atoms with Crippen LogP contribution in [0.1, 0.15) is 138 Å². The summed E-state index contributed by atoms with van der Waals surface area (Å²) in [7, 11) is 0. The van der Waals surface area contributed by atoms with Gasteiger partial charge < -0.3 is 33.2 Å². The summed E-state index contributed by atoms with van der Waals surface area (Å²) in [4.78, 5) is 14.2. The highest BCUT2D eigenvalue weighted by atomic mass is 16.7. The summed E-state index contributed by atoms with van der Waals surface area (Å²) in [6.07, 6.45) is 22.2. The monoisotopic (exact) mass is 817 g/mol. The van der Waals surface area contributed by atoms with E-state index >= 15 is 0 Å². The van der Waals surface area contributed by atoms with E-state index in [1.54, 1.807) is 0 Å². The Bertz CT molecular complexity index is 1470. The molecule has 1 aliphatic heterocycles. The van der Waals surface area contributed by atoms with E-state index in [0.29, 0.717) is 65.0 Å².